The molecule has 0 fully saturated rings. The molecule has 0 amide bonds. The number of aryl methyl sites for hydroxylation is 1. The quantitative estimate of drug-likeness (QED) is 0.649. The van der Waals surface area contributed by atoms with E-state index in [0.717, 1.165) is 5.56 Å². The van der Waals surface area contributed by atoms with Crippen LogP contribution in [0.3, 0.4) is 0 Å². The Labute approximate surface area is 153 Å². The summed E-state index contributed by atoms with van der Waals surface area (Å²) in [5, 5.41) is 18.4. The lowest BCUT2D eigenvalue weighted by Crippen LogP contribution is -2.07. The Morgan fingerprint density at radius 1 is 1.04 bits per heavy atom. The Hall–Kier alpha value is -2.54. The van der Waals surface area contributed by atoms with Gasteiger partial charge in [-0.3, -0.25) is 0 Å². The summed E-state index contributed by atoms with van der Waals surface area (Å²) in [5.74, 6) is -1.11. The summed E-state index contributed by atoms with van der Waals surface area (Å²) in [6.45, 7) is 2.25. The maximum absolute atomic E-state index is 12.2. The molecule has 0 heterocycles. The van der Waals surface area contributed by atoms with Gasteiger partial charge >= 0.3 is 5.97 Å². The molecule has 0 saturated heterocycles. The van der Waals surface area contributed by atoms with Gasteiger partial charge in [-0.05, 0) is 56.5 Å². The summed E-state index contributed by atoms with van der Waals surface area (Å²) in [6.07, 6.45) is 1.84. The minimum absolute atomic E-state index is 0.0818. The number of phenols is 1. The van der Waals surface area contributed by atoms with Crippen molar-refractivity contribution in [1.82, 2.24) is 0 Å². The van der Waals surface area contributed by atoms with E-state index in [4.69, 9.17) is 9.84 Å². The van der Waals surface area contributed by atoms with Crippen molar-refractivity contribution in [1.29, 1.82) is 0 Å². The van der Waals surface area contributed by atoms with Gasteiger partial charge in [0, 0.05) is 0 Å². The molecule has 0 radical (unpaired) electrons. The summed E-state index contributed by atoms with van der Waals surface area (Å²) in [4.78, 5) is 11.3. The summed E-state index contributed by atoms with van der Waals surface area (Å²) in [6, 6.07) is 10.8. The van der Waals surface area contributed by atoms with Gasteiger partial charge in [0.05, 0.1) is 17.3 Å². The number of hydrogen-bond donors (Lipinski definition) is 2. The predicted molar refractivity (Wildman–Crippen MR) is 97.6 cm³/mol. The zero-order chi connectivity index (χ0) is 19.2. The monoisotopic (exact) mass is 378 g/mol. The third-order valence-corrected chi connectivity index (χ3v) is 5.72. The molecule has 0 spiro atoms. The first-order chi connectivity index (χ1) is 12.3. The van der Waals surface area contributed by atoms with Crippen LogP contribution in [0.5, 0.6) is 11.5 Å². The molecule has 2 aromatic rings. The smallest absolute Gasteiger partial charge is 0.339 e. The van der Waals surface area contributed by atoms with Crippen LogP contribution in [0.1, 0.15) is 35.2 Å². The molecule has 0 aliphatic rings. The van der Waals surface area contributed by atoms with Crippen LogP contribution < -0.4 is 4.74 Å². The fourth-order valence-corrected chi connectivity index (χ4v) is 3.77. The van der Waals surface area contributed by atoms with Gasteiger partial charge in [-0.25, -0.2) is 13.2 Å². The molecule has 2 rings (SSSR count). The van der Waals surface area contributed by atoms with Crippen molar-refractivity contribution >= 4 is 15.8 Å². The Kier molecular flexibility index (Phi) is 6.63. The first-order valence-electron chi connectivity index (χ1n) is 8.28. The van der Waals surface area contributed by atoms with Crippen molar-refractivity contribution in [3.63, 3.8) is 0 Å². The van der Waals surface area contributed by atoms with Gasteiger partial charge in [-0.15, -0.1) is 0 Å². The van der Waals surface area contributed by atoms with Crippen LogP contribution in [0, 0.1) is 6.92 Å². The Morgan fingerprint density at radius 3 is 2.38 bits per heavy atom. The lowest BCUT2D eigenvalue weighted by atomic mass is 10.2. The van der Waals surface area contributed by atoms with Crippen LogP contribution in [0.4, 0.5) is 0 Å². The van der Waals surface area contributed by atoms with Crippen LogP contribution in [-0.4, -0.2) is 37.0 Å². The molecule has 0 bridgehead atoms. The standard InChI is InChI=1S/C19H22O6S/c1-14-5-8-16(9-6-14)26(23,24)12-4-2-3-11-25-15-7-10-18(20)17(13-15)19(21)22/h5-10,13,20H,2-4,11-12H2,1H3,(H,21,22). The van der Waals surface area contributed by atoms with E-state index < -0.39 is 15.8 Å². The Bertz CT molecular complexity index is 856. The van der Waals surface area contributed by atoms with E-state index in [-0.39, 0.29) is 17.1 Å². The predicted octanol–water partition coefficient (Wildman–Crippen LogP) is 3.42. The lowest BCUT2D eigenvalue weighted by Gasteiger charge is -2.08. The average molecular weight is 378 g/mol. The molecule has 0 aliphatic carbocycles. The van der Waals surface area contributed by atoms with Gasteiger partial charge in [0.2, 0.25) is 0 Å². The lowest BCUT2D eigenvalue weighted by molar-refractivity contribution is 0.0693. The van der Waals surface area contributed by atoms with Crippen LogP contribution in [0.2, 0.25) is 0 Å². The van der Waals surface area contributed by atoms with Crippen LogP contribution in [-0.2, 0) is 9.84 Å². The van der Waals surface area contributed by atoms with Crippen molar-refractivity contribution < 1.29 is 28.2 Å². The molecule has 2 N–H and O–H groups in total. The van der Waals surface area contributed by atoms with Crippen LogP contribution in [0.15, 0.2) is 47.4 Å². The fourth-order valence-electron chi connectivity index (χ4n) is 2.40. The maximum atomic E-state index is 12.2. The van der Waals surface area contributed by atoms with Crippen LogP contribution in [0.25, 0.3) is 0 Å². The summed E-state index contributed by atoms with van der Waals surface area (Å²) >= 11 is 0. The van der Waals surface area contributed by atoms with Gasteiger partial charge in [-0.1, -0.05) is 17.7 Å². The molecule has 0 aliphatic heterocycles. The Balaban J connectivity index is 1.75. The molecular formula is C19H22O6S. The van der Waals surface area contributed by atoms with E-state index in [1.165, 1.54) is 18.2 Å². The third kappa shape index (κ3) is 5.49. The zero-order valence-corrected chi connectivity index (χ0v) is 15.3. The molecule has 140 valence electrons. The van der Waals surface area contributed by atoms with E-state index >= 15 is 0 Å². The number of unbranched alkanes of at least 4 members (excludes halogenated alkanes) is 2. The second kappa shape index (κ2) is 8.71. The van der Waals surface area contributed by atoms with Crippen molar-refractivity contribution in [2.24, 2.45) is 0 Å². The number of rotatable bonds is 9. The second-order valence-electron chi connectivity index (χ2n) is 6.03. The summed E-state index contributed by atoms with van der Waals surface area (Å²) in [5.41, 5.74) is 0.799. The number of aromatic hydroxyl groups is 1. The average Bonchev–Trinajstić information content (AvgIpc) is 2.59. The normalized spacial score (nSPS) is 11.3. The Morgan fingerprint density at radius 2 is 1.73 bits per heavy atom. The molecule has 2 aromatic carbocycles. The molecule has 6 nitrogen and oxygen atoms in total. The van der Waals surface area contributed by atoms with Crippen molar-refractivity contribution in [2.75, 3.05) is 12.4 Å². The van der Waals surface area contributed by atoms with E-state index in [1.807, 2.05) is 6.92 Å². The molecule has 0 atom stereocenters. The first-order valence-corrected chi connectivity index (χ1v) is 9.93. The molecule has 0 unspecified atom stereocenters. The second-order valence-corrected chi connectivity index (χ2v) is 8.13. The molecule has 0 aromatic heterocycles. The highest BCUT2D eigenvalue weighted by atomic mass is 32.2. The largest absolute Gasteiger partial charge is 0.507 e. The topological polar surface area (TPSA) is 101 Å². The summed E-state index contributed by atoms with van der Waals surface area (Å²) < 4.78 is 29.9. The molecule has 26 heavy (non-hydrogen) atoms. The van der Waals surface area contributed by atoms with Crippen molar-refractivity contribution in [2.45, 2.75) is 31.1 Å². The van der Waals surface area contributed by atoms with E-state index in [1.54, 1.807) is 24.3 Å². The van der Waals surface area contributed by atoms with E-state index in [0.29, 0.717) is 36.5 Å². The number of hydrogen-bond acceptors (Lipinski definition) is 5. The summed E-state index contributed by atoms with van der Waals surface area (Å²) in [7, 11) is -3.27. The van der Waals surface area contributed by atoms with Crippen molar-refractivity contribution in [3.8, 4) is 11.5 Å². The van der Waals surface area contributed by atoms with Crippen LogP contribution >= 0.6 is 0 Å². The minimum atomic E-state index is -3.27. The SMILES string of the molecule is Cc1ccc(S(=O)(=O)CCCCCOc2ccc(O)c(C(=O)O)c2)cc1. The molecule has 7 heteroatoms. The number of benzene rings is 2. The number of aromatic carboxylic acids is 1. The number of carboxylic acid groups (broad SMARTS) is 1. The maximum Gasteiger partial charge on any atom is 0.339 e. The number of sulfone groups is 1. The minimum Gasteiger partial charge on any atom is -0.507 e. The highest BCUT2D eigenvalue weighted by molar-refractivity contribution is 7.91. The van der Waals surface area contributed by atoms with Gasteiger partial charge in [0.1, 0.15) is 17.1 Å². The van der Waals surface area contributed by atoms with Gasteiger partial charge in [0.15, 0.2) is 9.84 Å². The number of carbonyl (C=O) groups is 1. The van der Waals surface area contributed by atoms with Gasteiger partial charge in [0.25, 0.3) is 0 Å². The van der Waals surface area contributed by atoms with Crippen molar-refractivity contribution in [3.05, 3.63) is 53.6 Å². The number of carboxylic acids is 1. The zero-order valence-electron chi connectivity index (χ0n) is 14.5. The third-order valence-electron chi connectivity index (χ3n) is 3.90. The first kappa shape index (κ1) is 19.8. The van der Waals surface area contributed by atoms with E-state index in [9.17, 15) is 18.3 Å². The van der Waals surface area contributed by atoms with Gasteiger partial charge < -0.3 is 14.9 Å². The number of ether oxygens (including phenoxy) is 1. The molecular weight excluding hydrogens is 356 g/mol. The highest BCUT2D eigenvalue weighted by Crippen LogP contribution is 2.23. The fraction of sp³-hybridized carbons (Fsp3) is 0.316. The van der Waals surface area contributed by atoms with Gasteiger partial charge in [-0.2, -0.15) is 0 Å². The highest BCUT2D eigenvalue weighted by Gasteiger charge is 2.13. The van der Waals surface area contributed by atoms with E-state index in [2.05, 4.69) is 0 Å². The molecule has 0 saturated carbocycles.